The van der Waals surface area contributed by atoms with E-state index in [1.54, 1.807) is 5.31 Å². The first-order valence-corrected chi connectivity index (χ1v) is 7.12. The van der Waals surface area contributed by atoms with Gasteiger partial charge in [-0.25, -0.2) is 0 Å². The van der Waals surface area contributed by atoms with Crippen LogP contribution in [0.3, 0.4) is 0 Å². The molecule has 2 saturated heterocycles. The number of hydrogen-bond acceptors (Lipinski definition) is 4. The zero-order chi connectivity index (χ0) is 15.3. The van der Waals surface area contributed by atoms with Crippen LogP contribution in [0.2, 0.25) is 1.41 Å². The topological polar surface area (TPSA) is 48.1 Å². The molecule has 3 aliphatic rings. The molecule has 0 aliphatic carbocycles. The highest BCUT2D eigenvalue weighted by Gasteiger charge is 1.93. The second kappa shape index (κ2) is 13.0. The van der Waals surface area contributed by atoms with Crippen LogP contribution in [0.5, 0.6) is 0 Å². The molecule has 0 unspecified atom stereocenters. The van der Waals surface area contributed by atoms with Gasteiger partial charge in [0.25, 0.3) is 0 Å². The standard InChI is InChI=1S/C5H11N.C5H9N.C4H10N2/c2*1-2-4-6-5-3-1;1-2-6-4-3-5-1/h6H,1-5H2;1-2,6H,3-5H2;5-6H,1-4H2/i2*1D;/hD. The summed E-state index contributed by atoms with van der Waals surface area (Å²) >= 11 is 0. The highest BCUT2D eigenvalue weighted by molar-refractivity contribution is 4.88. The lowest BCUT2D eigenvalue weighted by molar-refractivity contribution is 0.520. The van der Waals surface area contributed by atoms with E-state index in [4.69, 9.17) is 4.15 Å². The molecule has 3 rings (SSSR count). The van der Waals surface area contributed by atoms with E-state index in [-0.39, 0.29) is 6.40 Å². The van der Waals surface area contributed by atoms with Crippen molar-refractivity contribution in [2.45, 2.75) is 25.7 Å². The van der Waals surface area contributed by atoms with Gasteiger partial charge in [0.05, 0.1) is 1.37 Å². The second-order valence-electron chi connectivity index (χ2n) is 4.40. The average molecular weight is 257 g/mol. The molecule has 0 spiro atoms. The van der Waals surface area contributed by atoms with Crippen molar-refractivity contribution in [2.75, 3.05) is 52.4 Å². The maximum Gasteiger partial charge on any atom is 0.122 e. The molecular formula is C14H30N4. The lowest BCUT2D eigenvalue weighted by atomic mass is 10.2. The van der Waals surface area contributed by atoms with Crippen LogP contribution in [0.1, 0.15) is 28.4 Å². The van der Waals surface area contributed by atoms with Gasteiger partial charge in [0, 0.05) is 34.1 Å². The molecule has 0 amide bonds. The summed E-state index contributed by atoms with van der Waals surface area (Å²) in [5.74, 6) is 0. The molecule has 4 N–H and O–H groups in total. The summed E-state index contributed by atoms with van der Waals surface area (Å²) in [6.07, 6.45) is 5.12. The number of rotatable bonds is 0. The normalized spacial score (nSPS) is 28.2. The first-order valence-electron chi connectivity index (χ1n) is 8.65. The van der Waals surface area contributed by atoms with Crippen molar-refractivity contribution < 1.29 is 4.15 Å². The molecule has 0 aromatic heterocycles. The third-order valence-corrected chi connectivity index (χ3v) is 2.78. The van der Waals surface area contributed by atoms with Crippen molar-refractivity contribution in [1.29, 1.82) is 0 Å². The van der Waals surface area contributed by atoms with Crippen LogP contribution in [-0.2, 0) is 0 Å². The number of piperazine rings is 1. The molecule has 2 fully saturated rings. The Morgan fingerprint density at radius 1 is 0.889 bits per heavy atom. The molecule has 3 heterocycles. The summed E-state index contributed by atoms with van der Waals surface area (Å²) in [6.45, 7) is 7.67. The van der Waals surface area contributed by atoms with E-state index >= 15 is 0 Å². The lowest BCUT2D eigenvalue weighted by Gasteiger charge is -2.11. The Hall–Kier alpha value is -0.420. The van der Waals surface area contributed by atoms with E-state index in [2.05, 4.69) is 16.0 Å². The van der Waals surface area contributed by atoms with Crippen LogP contribution in [0, 0.1) is 0 Å². The highest BCUT2D eigenvalue weighted by atomic mass is 15.0. The maximum atomic E-state index is 7.23. The van der Waals surface area contributed by atoms with Crippen molar-refractivity contribution in [3.05, 3.63) is 12.1 Å². The van der Waals surface area contributed by atoms with Crippen LogP contribution >= 0.6 is 0 Å². The zero-order valence-electron chi connectivity index (χ0n) is 14.4. The molecule has 0 bridgehead atoms. The minimum absolute atomic E-state index is 0.223. The Morgan fingerprint density at radius 3 is 1.94 bits per heavy atom. The van der Waals surface area contributed by atoms with Gasteiger partial charge in [-0.3, -0.25) is 0 Å². The zero-order valence-corrected chi connectivity index (χ0v) is 11.4. The maximum absolute atomic E-state index is 7.23. The molecule has 106 valence electrons. The lowest BCUT2D eigenvalue weighted by Crippen LogP contribution is -2.39. The molecule has 0 saturated carbocycles. The Labute approximate surface area is 116 Å². The third-order valence-electron chi connectivity index (χ3n) is 2.78. The summed E-state index contributed by atoms with van der Waals surface area (Å²) < 4.78 is 21.4. The van der Waals surface area contributed by atoms with E-state index in [0.29, 0.717) is 0 Å². The minimum atomic E-state index is 0.223. The molecule has 0 atom stereocenters. The monoisotopic (exact) mass is 257 g/mol. The van der Waals surface area contributed by atoms with Gasteiger partial charge in [-0.05, 0) is 38.9 Å². The predicted octanol–water partition coefficient (Wildman–Crippen LogP) is 0.475. The van der Waals surface area contributed by atoms with Crippen LogP contribution in [0.4, 0.5) is 0 Å². The summed E-state index contributed by atoms with van der Waals surface area (Å²) in [7, 11) is 0. The van der Waals surface area contributed by atoms with E-state index in [1.165, 1.54) is 0 Å². The Kier molecular flexibility index (Phi) is 8.25. The molecule has 3 aliphatic heterocycles. The van der Waals surface area contributed by atoms with Gasteiger partial charge in [0.15, 0.2) is 0 Å². The van der Waals surface area contributed by atoms with Gasteiger partial charge in [0.1, 0.15) is 1.41 Å². The van der Waals surface area contributed by atoms with Crippen LogP contribution in [0.25, 0.3) is 0 Å². The van der Waals surface area contributed by atoms with Crippen molar-refractivity contribution in [3.63, 3.8) is 0 Å². The average Bonchev–Trinajstić information content (AvgIpc) is 2.51. The van der Waals surface area contributed by atoms with Gasteiger partial charge in [-0.2, -0.15) is 0 Å². The second-order valence-corrected chi connectivity index (χ2v) is 4.40. The first kappa shape index (κ1) is 11.4. The molecule has 0 aromatic rings. The van der Waals surface area contributed by atoms with Gasteiger partial charge in [-0.15, -0.1) is 0 Å². The van der Waals surface area contributed by atoms with Gasteiger partial charge < -0.3 is 21.3 Å². The fourth-order valence-corrected chi connectivity index (χ4v) is 1.74. The minimum Gasteiger partial charge on any atom is -0.317 e. The van der Waals surface area contributed by atoms with Crippen LogP contribution < -0.4 is 21.3 Å². The van der Waals surface area contributed by atoms with E-state index in [9.17, 15) is 0 Å². The van der Waals surface area contributed by atoms with Crippen molar-refractivity contribution in [2.24, 2.45) is 0 Å². The van der Waals surface area contributed by atoms with Gasteiger partial charge in [-0.1, -0.05) is 18.5 Å². The molecule has 0 aromatic carbocycles. The van der Waals surface area contributed by atoms with E-state index < -0.39 is 0 Å². The Balaban J connectivity index is 0.000000157. The van der Waals surface area contributed by atoms with Crippen LogP contribution in [-0.4, -0.2) is 52.4 Å². The SMILES string of the molecule is [2H]C1=CCNCC1.[2H]C1CCNCC1.[2H]N1CCNCC1. The largest absolute Gasteiger partial charge is 0.317 e. The van der Waals surface area contributed by atoms with E-state index in [1.807, 2.05) is 6.08 Å². The molecular weight excluding hydrogens is 224 g/mol. The number of hydrogen-bond donors (Lipinski definition) is 4. The fourth-order valence-electron chi connectivity index (χ4n) is 1.74. The quantitative estimate of drug-likeness (QED) is 0.477. The van der Waals surface area contributed by atoms with E-state index in [0.717, 1.165) is 77.7 Å². The number of piperidine rings is 1. The first-order chi connectivity index (χ1) is 10.2. The summed E-state index contributed by atoms with van der Waals surface area (Å²) in [5, 5.41) is 11.0. The predicted molar refractivity (Wildman–Crippen MR) is 79.1 cm³/mol. The molecule has 4 nitrogen and oxygen atoms in total. The van der Waals surface area contributed by atoms with Gasteiger partial charge in [0.2, 0.25) is 0 Å². The van der Waals surface area contributed by atoms with Crippen molar-refractivity contribution >= 4 is 0 Å². The van der Waals surface area contributed by atoms with Crippen molar-refractivity contribution in [1.82, 2.24) is 21.3 Å². The summed E-state index contributed by atoms with van der Waals surface area (Å²) in [6, 6.07) is 0.777. The summed E-state index contributed by atoms with van der Waals surface area (Å²) in [5.41, 5.74) is 0. The third kappa shape index (κ3) is 10.7. The summed E-state index contributed by atoms with van der Waals surface area (Å²) in [4.78, 5) is 0. The molecule has 4 heteroatoms. The smallest absolute Gasteiger partial charge is 0.122 e. The highest BCUT2D eigenvalue weighted by Crippen LogP contribution is 1.96. The Bertz CT molecular complexity index is 261. The molecule has 0 radical (unpaired) electrons. The fraction of sp³-hybridized carbons (Fsp3) is 0.857. The van der Waals surface area contributed by atoms with Gasteiger partial charge >= 0.3 is 0 Å². The Morgan fingerprint density at radius 2 is 1.61 bits per heavy atom. The van der Waals surface area contributed by atoms with Crippen LogP contribution in [0.15, 0.2) is 12.1 Å². The molecule has 18 heavy (non-hydrogen) atoms. The van der Waals surface area contributed by atoms with Crippen molar-refractivity contribution in [3.8, 4) is 0 Å². The number of nitrogens with one attached hydrogen (secondary N) is 4.